The highest BCUT2D eigenvalue weighted by Crippen LogP contribution is 1.85. The van der Waals surface area contributed by atoms with Gasteiger partial charge in [-0.2, -0.15) is 0 Å². The van der Waals surface area contributed by atoms with Crippen molar-refractivity contribution < 1.29 is 62.5 Å². The normalized spacial score (nSPS) is 10.9. The third kappa shape index (κ3) is 28.1. The molecule has 14 nitrogen and oxygen atoms in total. The van der Waals surface area contributed by atoms with Gasteiger partial charge in [0.05, 0.1) is 85.9 Å². The number of hydrogen-bond acceptors (Lipinski definition) is 11. The molecule has 1 amide bonds. The summed E-state index contributed by atoms with van der Waals surface area (Å²) in [6.07, 6.45) is 0. The molecule has 34 heavy (non-hydrogen) atoms. The summed E-state index contributed by atoms with van der Waals surface area (Å²) >= 11 is 0. The summed E-state index contributed by atoms with van der Waals surface area (Å²) in [5, 5.41) is 19.3. The zero-order valence-electron chi connectivity index (χ0n) is 19.4. The topological polar surface area (TPSA) is 178 Å². The second-order valence-electron chi connectivity index (χ2n) is 6.36. The Kier molecular flexibility index (Phi) is 24.3. The van der Waals surface area contributed by atoms with Gasteiger partial charge in [-0.05, 0) is 0 Å². The van der Waals surface area contributed by atoms with E-state index in [0.29, 0.717) is 85.8 Å². The van der Waals surface area contributed by atoms with Gasteiger partial charge < -0.3 is 53.4 Å². The van der Waals surface area contributed by atoms with Crippen LogP contribution < -0.4 is 5.32 Å². The van der Waals surface area contributed by atoms with Gasteiger partial charge >= 0.3 is 11.9 Å². The van der Waals surface area contributed by atoms with Crippen LogP contribution in [0.15, 0.2) is 0 Å². The summed E-state index contributed by atoms with van der Waals surface area (Å²) < 4.78 is 41.3. The predicted molar refractivity (Wildman–Crippen MR) is 115 cm³/mol. The molecule has 0 saturated heterocycles. The van der Waals surface area contributed by atoms with E-state index in [9.17, 15) is 14.4 Å². The predicted octanol–water partition coefficient (Wildman–Crippen LogP) is -1.60. The van der Waals surface area contributed by atoms with E-state index in [1.807, 2.05) is 0 Å². The molecule has 0 aromatic carbocycles. The first-order chi connectivity index (χ1) is 16.5. The van der Waals surface area contributed by atoms with Crippen molar-refractivity contribution in [2.75, 3.05) is 112 Å². The Morgan fingerprint density at radius 1 is 0.441 bits per heavy atom. The molecule has 0 fully saturated rings. The van der Waals surface area contributed by atoms with Gasteiger partial charge in [0.2, 0.25) is 5.91 Å². The van der Waals surface area contributed by atoms with Crippen LogP contribution in [-0.4, -0.2) is 140 Å². The smallest absolute Gasteiger partial charge is 0.329 e. The Morgan fingerprint density at radius 3 is 1.15 bits per heavy atom. The van der Waals surface area contributed by atoms with Crippen molar-refractivity contribution in [3.63, 3.8) is 0 Å². The van der Waals surface area contributed by atoms with Crippen LogP contribution in [0.2, 0.25) is 0 Å². The van der Waals surface area contributed by atoms with Crippen molar-refractivity contribution in [3.8, 4) is 0 Å². The third-order valence-corrected chi connectivity index (χ3v) is 3.48. The molecule has 0 aliphatic heterocycles. The zero-order chi connectivity index (χ0) is 25.1. The van der Waals surface area contributed by atoms with E-state index < -0.39 is 24.5 Å². The van der Waals surface area contributed by atoms with Crippen molar-refractivity contribution in [2.24, 2.45) is 0 Å². The number of carboxylic acids is 2. The average molecular weight is 500 g/mol. The SMILES string of the molecule is O=C(O)COCCOCCOCCOCCOCCOCCOCCNC(=O)COCC(=O)O. The molecule has 0 aliphatic carbocycles. The second-order valence-corrected chi connectivity index (χ2v) is 6.36. The lowest BCUT2D eigenvalue weighted by atomic mass is 10.6. The van der Waals surface area contributed by atoms with Crippen LogP contribution in [0.25, 0.3) is 0 Å². The fourth-order valence-corrected chi connectivity index (χ4v) is 2.02. The van der Waals surface area contributed by atoms with Gasteiger partial charge in [0.25, 0.3) is 0 Å². The van der Waals surface area contributed by atoms with Gasteiger partial charge in [0.15, 0.2) is 0 Å². The van der Waals surface area contributed by atoms with Crippen LogP contribution in [0.5, 0.6) is 0 Å². The van der Waals surface area contributed by atoms with Gasteiger partial charge in [-0.1, -0.05) is 0 Å². The molecule has 0 atom stereocenters. The molecule has 0 unspecified atom stereocenters. The minimum Gasteiger partial charge on any atom is -0.480 e. The molecule has 0 saturated carbocycles. The maximum absolute atomic E-state index is 11.3. The van der Waals surface area contributed by atoms with Crippen LogP contribution in [0.4, 0.5) is 0 Å². The molecular weight excluding hydrogens is 462 g/mol. The monoisotopic (exact) mass is 499 g/mol. The zero-order valence-corrected chi connectivity index (χ0v) is 19.4. The highest BCUT2D eigenvalue weighted by atomic mass is 16.6. The van der Waals surface area contributed by atoms with E-state index in [-0.39, 0.29) is 19.8 Å². The molecule has 0 aliphatic rings. The number of aliphatic carboxylic acids is 2. The summed E-state index contributed by atoms with van der Waals surface area (Å²) in [6.45, 7) is 4.18. The number of hydrogen-bond donors (Lipinski definition) is 3. The third-order valence-electron chi connectivity index (χ3n) is 3.48. The van der Waals surface area contributed by atoms with Crippen molar-refractivity contribution >= 4 is 17.8 Å². The minimum atomic E-state index is -1.13. The Labute approximate surface area is 198 Å². The van der Waals surface area contributed by atoms with E-state index in [2.05, 4.69) is 10.1 Å². The van der Waals surface area contributed by atoms with E-state index >= 15 is 0 Å². The molecule has 0 radical (unpaired) electrons. The number of ether oxygens (including phenoxy) is 8. The first-order valence-corrected chi connectivity index (χ1v) is 10.8. The van der Waals surface area contributed by atoms with Crippen molar-refractivity contribution in [2.45, 2.75) is 0 Å². The lowest BCUT2D eigenvalue weighted by molar-refractivity contribution is -0.144. The lowest BCUT2D eigenvalue weighted by Gasteiger charge is -2.08. The van der Waals surface area contributed by atoms with E-state index in [0.717, 1.165) is 0 Å². The first-order valence-electron chi connectivity index (χ1n) is 10.8. The molecule has 0 bridgehead atoms. The largest absolute Gasteiger partial charge is 0.480 e. The Bertz CT molecular complexity index is 507. The van der Waals surface area contributed by atoms with Crippen LogP contribution in [-0.2, 0) is 52.3 Å². The maximum Gasteiger partial charge on any atom is 0.329 e. The number of carboxylic acid groups (broad SMARTS) is 2. The molecule has 0 rings (SSSR count). The molecule has 14 heteroatoms. The van der Waals surface area contributed by atoms with Crippen LogP contribution in [0.1, 0.15) is 0 Å². The van der Waals surface area contributed by atoms with Gasteiger partial charge in [0, 0.05) is 6.54 Å². The van der Waals surface area contributed by atoms with Crippen LogP contribution in [0, 0.1) is 0 Å². The van der Waals surface area contributed by atoms with Gasteiger partial charge in [-0.15, -0.1) is 0 Å². The second kappa shape index (κ2) is 25.7. The molecule has 0 spiro atoms. The fourth-order valence-electron chi connectivity index (χ4n) is 2.02. The molecule has 3 N–H and O–H groups in total. The number of amides is 1. The van der Waals surface area contributed by atoms with Crippen LogP contribution >= 0.6 is 0 Å². The summed E-state index contributed by atoms with van der Waals surface area (Å²) in [5.41, 5.74) is 0. The van der Waals surface area contributed by atoms with Crippen molar-refractivity contribution in [1.82, 2.24) is 5.32 Å². The lowest BCUT2D eigenvalue weighted by Crippen LogP contribution is -2.31. The molecule has 0 aromatic rings. The van der Waals surface area contributed by atoms with Crippen LogP contribution in [0.3, 0.4) is 0 Å². The number of rotatable bonds is 27. The molecular formula is C20H37NO13. The molecule has 0 heterocycles. The quantitative estimate of drug-likeness (QED) is 0.110. The van der Waals surface area contributed by atoms with Gasteiger partial charge in [-0.3, -0.25) is 4.79 Å². The summed E-state index contributed by atoms with van der Waals surface area (Å²) in [6, 6.07) is 0. The number of carbonyl (C=O) groups is 3. The Morgan fingerprint density at radius 2 is 0.765 bits per heavy atom. The Balaban J connectivity index is 3.11. The highest BCUT2D eigenvalue weighted by Gasteiger charge is 2.03. The number of carbonyl (C=O) groups excluding carboxylic acids is 1. The molecule has 200 valence electrons. The summed E-state index contributed by atoms with van der Waals surface area (Å²) in [5.74, 6) is -2.54. The number of nitrogens with one attached hydrogen (secondary N) is 1. The van der Waals surface area contributed by atoms with Gasteiger partial charge in [0.1, 0.15) is 19.8 Å². The Hall–Kier alpha value is -1.91. The van der Waals surface area contributed by atoms with Gasteiger partial charge in [-0.25, -0.2) is 9.59 Å². The average Bonchev–Trinajstić information content (AvgIpc) is 2.79. The first kappa shape index (κ1) is 32.1. The molecule has 0 aromatic heterocycles. The van der Waals surface area contributed by atoms with Crippen molar-refractivity contribution in [1.29, 1.82) is 0 Å². The fraction of sp³-hybridized carbons (Fsp3) is 0.850. The van der Waals surface area contributed by atoms with Crippen molar-refractivity contribution in [3.05, 3.63) is 0 Å². The van der Waals surface area contributed by atoms with E-state index in [4.69, 9.17) is 43.4 Å². The standard InChI is InChI=1S/C20H37NO13/c22-18(15-34-17-20(25)26)21-1-2-27-3-4-28-5-6-29-7-8-30-9-10-31-11-12-32-13-14-33-16-19(23)24/h1-17H2,(H,21,22)(H,23,24)(H,25,26). The summed E-state index contributed by atoms with van der Waals surface area (Å²) in [7, 11) is 0. The van der Waals surface area contributed by atoms with E-state index in [1.165, 1.54) is 0 Å². The highest BCUT2D eigenvalue weighted by molar-refractivity contribution is 5.77. The maximum atomic E-state index is 11.3. The minimum absolute atomic E-state index is 0.228. The summed E-state index contributed by atoms with van der Waals surface area (Å²) in [4.78, 5) is 31.7. The van der Waals surface area contributed by atoms with E-state index in [1.54, 1.807) is 0 Å².